The topological polar surface area (TPSA) is 48.1 Å². The number of nitrogens with one attached hydrogen (secondary N) is 1. The molecule has 1 unspecified atom stereocenters. The molecule has 6 nitrogen and oxygen atoms in total. The van der Waals surface area contributed by atoms with Crippen LogP contribution in [0.25, 0.3) is 0 Å². The molecule has 0 saturated carbocycles. The number of likely N-dealkylation sites (tertiary alicyclic amines) is 2. The first-order valence-corrected chi connectivity index (χ1v) is 12.4. The zero-order valence-corrected chi connectivity index (χ0v) is 19.2. The summed E-state index contributed by atoms with van der Waals surface area (Å²) in [4.78, 5) is 19.8. The Morgan fingerprint density at radius 1 is 1.00 bits per heavy atom. The summed E-state index contributed by atoms with van der Waals surface area (Å²) >= 11 is 0. The van der Waals surface area contributed by atoms with E-state index in [-0.39, 0.29) is 6.03 Å². The van der Waals surface area contributed by atoms with Crippen LogP contribution in [-0.2, 0) is 0 Å². The van der Waals surface area contributed by atoms with E-state index in [0.29, 0.717) is 5.92 Å². The molecular formula is C25H40N4O2. The van der Waals surface area contributed by atoms with E-state index in [0.717, 1.165) is 63.7 Å². The van der Waals surface area contributed by atoms with Crippen LogP contribution in [0.5, 0.6) is 5.75 Å². The number of urea groups is 1. The van der Waals surface area contributed by atoms with Crippen molar-refractivity contribution < 1.29 is 9.53 Å². The third-order valence-corrected chi connectivity index (χ3v) is 7.36. The molecule has 4 rings (SSSR count). The van der Waals surface area contributed by atoms with Gasteiger partial charge < -0.3 is 24.8 Å². The summed E-state index contributed by atoms with van der Waals surface area (Å²) in [6.07, 6.45) is 8.93. The lowest BCUT2D eigenvalue weighted by Gasteiger charge is -2.34. The van der Waals surface area contributed by atoms with Crippen molar-refractivity contribution in [1.82, 2.24) is 15.1 Å². The zero-order chi connectivity index (χ0) is 21.5. The molecule has 31 heavy (non-hydrogen) atoms. The van der Waals surface area contributed by atoms with Gasteiger partial charge >= 0.3 is 6.03 Å². The van der Waals surface area contributed by atoms with Gasteiger partial charge in [-0.2, -0.15) is 0 Å². The summed E-state index contributed by atoms with van der Waals surface area (Å²) in [5.74, 6) is 2.16. The number of ether oxygens (including phenoxy) is 1. The number of carbonyl (C=O) groups is 1. The fraction of sp³-hybridized carbons (Fsp3) is 0.720. The highest BCUT2D eigenvalue weighted by atomic mass is 16.5. The van der Waals surface area contributed by atoms with Crippen LogP contribution in [0.15, 0.2) is 24.3 Å². The van der Waals surface area contributed by atoms with Gasteiger partial charge in [0.25, 0.3) is 0 Å². The minimum Gasteiger partial charge on any atom is -0.497 e. The number of carbonyl (C=O) groups excluding carboxylic acids is 1. The second-order valence-electron chi connectivity index (χ2n) is 9.63. The Bertz CT molecular complexity index is 697. The van der Waals surface area contributed by atoms with Crippen molar-refractivity contribution in [2.75, 3.05) is 64.4 Å². The smallest absolute Gasteiger partial charge is 0.317 e. The molecule has 3 aliphatic heterocycles. The molecule has 172 valence electrons. The van der Waals surface area contributed by atoms with Gasteiger partial charge in [0.2, 0.25) is 0 Å². The third-order valence-electron chi connectivity index (χ3n) is 7.36. The van der Waals surface area contributed by atoms with Gasteiger partial charge in [-0.05, 0) is 69.2 Å². The lowest BCUT2D eigenvalue weighted by atomic mass is 9.96. The standard InChI is InChI=1S/C25H40N4O2/c1-31-24-8-6-7-23(17-24)29-16-11-22(20-29)18-26-25(30)28-14-9-21(10-15-28)19-27-12-4-2-3-5-13-27/h6-8,17,21-22H,2-5,9-16,18-20H2,1H3,(H,26,30). The predicted molar refractivity (Wildman–Crippen MR) is 126 cm³/mol. The number of methoxy groups -OCH3 is 1. The molecule has 1 aromatic carbocycles. The average Bonchev–Trinajstić information content (AvgIpc) is 3.14. The molecular weight excluding hydrogens is 388 g/mol. The maximum Gasteiger partial charge on any atom is 0.317 e. The van der Waals surface area contributed by atoms with E-state index in [4.69, 9.17) is 4.74 Å². The summed E-state index contributed by atoms with van der Waals surface area (Å²) in [6.45, 7) is 8.39. The summed E-state index contributed by atoms with van der Waals surface area (Å²) in [7, 11) is 1.71. The molecule has 1 N–H and O–H groups in total. The van der Waals surface area contributed by atoms with Crippen LogP contribution in [-0.4, -0.2) is 75.3 Å². The van der Waals surface area contributed by atoms with E-state index in [2.05, 4.69) is 27.2 Å². The molecule has 6 heteroatoms. The first-order chi connectivity index (χ1) is 15.2. The van der Waals surface area contributed by atoms with Gasteiger partial charge in [0.1, 0.15) is 5.75 Å². The lowest BCUT2D eigenvalue weighted by molar-refractivity contribution is 0.147. The van der Waals surface area contributed by atoms with Gasteiger partial charge in [0.05, 0.1) is 7.11 Å². The number of rotatable bonds is 6. The summed E-state index contributed by atoms with van der Waals surface area (Å²) in [5, 5.41) is 3.22. The highest BCUT2D eigenvalue weighted by molar-refractivity contribution is 5.74. The van der Waals surface area contributed by atoms with Crippen molar-refractivity contribution in [2.24, 2.45) is 11.8 Å². The number of nitrogens with zero attached hydrogens (tertiary/aromatic N) is 3. The molecule has 3 aliphatic rings. The van der Waals surface area contributed by atoms with Gasteiger partial charge in [-0.3, -0.25) is 0 Å². The van der Waals surface area contributed by atoms with Crippen molar-refractivity contribution in [3.8, 4) is 5.75 Å². The summed E-state index contributed by atoms with van der Waals surface area (Å²) < 4.78 is 5.35. The quantitative estimate of drug-likeness (QED) is 0.748. The molecule has 0 spiro atoms. The molecule has 2 amide bonds. The largest absolute Gasteiger partial charge is 0.497 e. The predicted octanol–water partition coefficient (Wildman–Crippen LogP) is 3.82. The Morgan fingerprint density at radius 3 is 2.48 bits per heavy atom. The fourth-order valence-electron chi connectivity index (χ4n) is 5.39. The van der Waals surface area contributed by atoms with Crippen LogP contribution in [0.4, 0.5) is 10.5 Å². The second-order valence-corrected chi connectivity index (χ2v) is 9.63. The molecule has 3 heterocycles. The van der Waals surface area contributed by atoms with E-state index in [9.17, 15) is 4.79 Å². The van der Waals surface area contributed by atoms with Crippen LogP contribution < -0.4 is 15.0 Å². The molecule has 0 bridgehead atoms. The van der Waals surface area contributed by atoms with E-state index in [1.807, 2.05) is 17.0 Å². The van der Waals surface area contributed by atoms with Crippen molar-refractivity contribution >= 4 is 11.7 Å². The number of amides is 2. The Morgan fingerprint density at radius 2 is 1.74 bits per heavy atom. The summed E-state index contributed by atoms with van der Waals surface area (Å²) in [5.41, 5.74) is 1.21. The van der Waals surface area contributed by atoms with E-state index >= 15 is 0 Å². The first-order valence-electron chi connectivity index (χ1n) is 12.4. The molecule has 1 aromatic rings. The third kappa shape index (κ3) is 6.28. The van der Waals surface area contributed by atoms with Gasteiger partial charge in [-0.25, -0.2) is 4.79 Å². The molecule has 3 fully saturated rings. The number of hydrogen-bond donors (Lipinski definition) is 1. The van der Waals surface area contributed by atoms with Crippen LogP contribution in [0.1, 0.15) is 44.9 Å². The number of hydrogen-bond acceptors (Lipinski definition) is 4. The minimum atomic E-state index is 0.132. The average molecular weight is 429 g/mol. The number of piperidine rings is 1. The van der Waals surface area contributed by atoms with Crippen LogP contribution in [0, 0.1) is 11.8 Å². The monoisotopic (exact) mass is 428 g/mol. The van der Waals surface area contributed by atoms with Crippen LogP contribution in [0.2, 0.25) is 0 Å². The highest BCUT2D eigenvalue weighted by Gasteiger charge is 2.27. The number of anilines is 1. The zero-order valence-electron chi connectivity index (χ0n) is 19.2. The molecule has 0 aliphatic carbocycles. The van der Waals surface area contributed by atoms with Crippen molar-refractivity contribution in [1.29, 1.82) is 0 Å². The normalized spacial score (nSPS) is 23.6. The van der Waals surface area contributed by atoms with Gasteiger partial charge in [-0.15, -0.1) is 0 Å². The van der Waals surface area contributed by atoms with Crippen LogP contribution >= 0.6 is 0 Å². The number of benzene rings is 1. The Labute approximate surface area is 187 Å². The van der Waals surface area contributed by atoms with Crippen molar-refractivity contribution in [3.05, 3.63) is 24.3 Å². The fourth-order valence-corrected chi connectivity index (χ4v) is 5.39. The van der Waals surface area contributed by atoms with Gasteiger partial charge in [0, 0.05) is 51.0 Å². The van der Waals surface area contributed by atoms with Crippen LogP contribution in [0.3, 0.4) is 0 Å². The summed E-state index contributed by atoms with van der Waals surface area (Å²) in [6, 6.07) is 8.39. The maximum absolute atomic E-state index is 12.7. The Balaban J connectivity index is 1.15. The molecule has 0 aromatic heterocycles. The lowest BCUT2D eigenvalue weighted by Crippen LogP contribution is -2.47. The molecule has 1 atom stereocenters. The minimum absolute atomic E-state index is 0.132. The SMILES string of the molecule is COc1cccc(N2CCC(CNC(=O)N3CCC(CN4CCCCCC4)CC3)C2)c1. The molecule has 0 radical (unpaired) electrons. The van der Waals surface area contributed by atoms with Crippen molar-refractivity contribution in [3.63, 3.8) is 0 Å². The highest BCUT2D eigenvalue weighted by Crippen LogP contribution is 2.27. The van der Waals surface area contributed by atoms with E-state index in [1.54, 1.807) is 7.11 Å². The van der Waals surface area contributed by atoms with Crippen molar-refractivity contribution in [2.45, 2.75) is 44.9 Å². The Hall–Kier alpha value is -1.95. The van der Waals surface area contributed by atoms with Gasteiger partial charge in [0.15, 0.2) is 0 Å². The first kappa shape index (κ1) is 22.3. The second kappa shape index (κ2) is 11.1. The van der Waals surface area contributed by atoms with E-state index in [1.165, 1.54) is 51.0 Å². The maximum atomic E-state index is 12.7. The van der Waals surface area contributed by atoms with Gasteiger partial charge in [-0.1, -0.05) is 18.9 Å². The Kier molecular flexibility index (Phi) is 7.95. The van der Waals surface area contributed by atoms with E-state index < -0.39 is 0 Å². The molecule has 3 saturated heterocycles.